The highest BCUT2D eigenvalue weighted by molar-refractivity contribution is 5.97. The van der Waals surface area contributed by atoms with E-state index in [9.17, 15) is 9.18 Å². The number of hydroxylamine groups is 2. The van der Waals surface area contributed by atoms with Crippen molar-refractivity contribution in [2.45, 2.75) is 6.92 Å². The van der Waals surface area contributed by atoms with Gasteiger partial charge in [-0.3, -0.25) is 14.6 Å². The Morgan fingerprint density at radius 2 is 2.11 bits per heavy atom. The van der Waals surface area contributed by atoms with Gasteiger partial charge in [-0.2, -0.15) is 0 Å². The molecule has 0 unspecified atom stereocenters. The summed E-state index contributed by atoms with van der Waals surface area (Å²) in [5.74, 6) is -0.629. The minimum atomic E-state index is -0.345. The highest BCUT2D eigenvalue weighted by atomic mass is 19.1. The summed E-state index contributed by atoms with van der Waals surface area (Å²) in [5.41, 5.74) is 1.52. The van der Waals surface area contributed by atoms with Gasteiger partial charge >= 0.3 is 0 Å². The van der Waals surface area contributed by atoms with Crippen LogP contribution in [0.2, 0.25) is 0 Å². The number of pyridine rings is 1. The van der Waals surface area contributed by atoms with Gasteiger partial charge in [-0.05, 0) is 25.1 Å². The van der Waals surface area contributed by atoms with Crippen molar-refractivity contribution in [2.75, 3.05) is 14.2 Å². The molecule has 0 spiro atoms. The number of amides is 1. The maximum absolute atomic E-state index is 13.1. The van der Waals surface area contributed by atoms with E-state index in [1.807, 2.05) is 0 Å². The van der Waals surface area contributed by atoms with Gasteiger partial charge in [0.15, 0.2) is 0 Å². The van der Waals surface area contributed by atoms with Crippen LogP contribution in [0.3, 0.4) is 0 Å². The summed E-state index contributed by atoms with van der Waals surface area (Å²) in [6.07, 6.45) is 0. The monoisotopic (exact) mass is 248 g/mol. The first-order chi connectivity index (χ1) is 8.52. The summed E-state index contributed by atoms with van der Waals surface area (Å²) in [5, 5.41) is 1.84. The molecule has 1 amide bonds. The van der Waals surface area contributed by atoms with E-state index in [1.165, 1.54) is 26.3 Å². The summed E-state index contributed by atoms with van der Waals surface area (Å²) >= 11 is 0. The lowest BCUT2D eigenvalue weighted by Crippen LogP contribution is -2.26. The number of benzene rings is 1. The number of rotatable bonds is 2. The molecule has 18 heavy (non-hydrogen) atoms. The molecular formula is C13H13FN2O2. The second-order valence-corrected chi connectivity index (χ2v) is 3.94. The van der Waals surface area contributed by atoms with Crippen molar-refractivity contribution in [1.82, 2.24) is 10.0 Å². The second kappa shape index (κ2) is 4.70. The highest BCUT2D eigenvalue weighted by Gasteiger charge is 2.15. The van der Waals surface area contributed by atoms with Crippen LogP contribution < -0.4 is 0 Å². The Balaban J connectivity index is 2.56. The molecule has 0 N–H and O–H groups in total. The minimum absolute atomic E-state index is 0.284. The molecule has 4 nitrogen and oxygen atoms in total. The number of aromatic nitrogens is 1. The standard InChI is InChI=1S/C13H13FN2O2/c1-8-11(13(17)16(2)18-3)6-9-4-5-10(14)7-12(9)15-8/h4-7H,1-3H3. The van der Waals surface area contributed by atoms with Gasteiger partial charge in [0.2, 0.25) is 0 Å². The molecule has 94 valence electrons. The lowest BCUT2D eigenvalue weighted by molar-refractivity contribution is -0.0757. The largest absolute Gasteiger partial charge is 0.279 e. The number of hydrogen-bond donors (Lipinski definition) is 0. The van der Waals surface area contributed by atoms with Gasteiger partial charge in [0.05, 0.1) is 23.9 Å². The first-order valence-corrected chi connectivity index (χ1v) is 5.42. The van der Waals surface area contributed by atoms with E-state index in [1.54, 1.807) is 19.1 Å². The molecule has 2 aromatic rings. The Hall–Kier alpha value is -2.01. The second-order valence-electron chi connectivity index (χ2n) is 3.94. The van der Waals surface area contributed by atoms with E-state index in [0.29, 0.717) is 16.8 Å². The van der Waals surface area contributed by atoms with Crippen molar-refractivity contribution in [1.29, 1.82) is 0 Å². The normalized spacial score (nSPS) is 10.7. The van der Waals surface area contributed by atoms with Crippen molar-refractivity contribution in [2.24, 2.45) is 0 Å². The van der Waals surface area contributed by atoms with Crippen molar-refractivity contribution in [3.05, 3.63) is 41.3 Å². The van der Waals surface area contributed by atoms with Crippen molar-refractivity contribution in [3.8, 4) is 0 Å². The molecule has 0 aliphatic heterocycles. The number of carbonyl (C=O) groups excluding carboxylic acids is 1. The Morgan fingerprint density at radius 3 is 2.78 bits per heavy atom. The van der Waals surface area contributed by atoms with Crippen LogP contribution in [0.5, 0.6) is 0 Å². The maximum Gasteiger partial charge on any atom is 0.279 e. The lowest BCUT2D eigenvalue weighted by Gasteiger charge is -2.15. The predicted molar refractivity (Wildman–Crippen MR) is 65.5 cm³/mol. The molecule has 0 saturated carbocycles. The summed E-state index contributed by atoms with van der Waals surface area (Å²) in [6, 6.07) is 5.97. The molecule has 0 bridgehead atoms. The summed E-state index contributed by atoms with van der Waals surface area (Å²) < 4.78 is 13.1. The SMILES string of the molecule is CON(C)C(=O)c1cc2ccc(F)cc2nc1C. The third-order valence-corrected chi connectivity index (χ3v) is 2.76. The first kappa shape index (κ1) is 12.4. The van der Waals surface area contributed by atoms with Crippen LogP contribution in [0.15, 0.2) is 24.3 Å². The average Bonchev–Trinajstić information content (AvgIpc) is 2.36. The molecule has 0 atom stereocenters. The van der Waals surface area contributed by atoms with Gasteiger partial charge < -0.3 is 0 Å². The van der Waals surface area contributed by atoms with Crippen LogP contribution in [0.4, 0.5) is 4.39 Å². The highest BCUT2D eigenvalue weighted by Crippen LogP contribution is 2.18. The fraction of sp³-hybridized carbons (Fsp3) is 0.231. The van der Waals surface area contributed by atoms with Gasteiger partial charge in [-0.15, -0.1) is 0 Å². The minimum Gasteiger partial charge on any atom is -0.274 e. The zero-order valence-electron chi connectivity index (χ0n) is 10.4. The molecule has 0 aliphatic carbocycles. The van der Waals surface area contributed by atoms with E-state index in [0.717, 1.165) is 10.4 Å². The number of hydrogen-bond acceptors (Lipinski definition) is 3. The number of nitrogens with zero attached hydrogens (tertiary/aromatic N) is 2. The number of carbonyl (C=O) groups is 1. The maximum atomic E-state index is 13.1. The molecule has 1 heterocycles. The van der Waals surface area contributed by atoms with Crippen molar-refractivity contribution in [3.63, 3.8) is 0 Å². The summed E-state index contributed by atoms with van der Waals surface area (Å²) in [7, 11) is 2.94. The van der Waals surface area contributed by atoms with Gasteiger partial charge in [0, 0.05) is 18.5 Å². The van der Waals surface area contributed by atoms with E-state index >= 15 is 0 Å². The molecule has 0 saturated heterocycles. The third kappa shape index (κ3) is 2.17. The van der Waals surface area contributed by atoms with Crippen LogP contribution in [0.1, 0.15) is 16.1 Å². The Bertz CT molecular complexity index is 613. The quantitative estimate of drug-likeness (QED) is 0.766. The van der Waals surface area contributed by atoms with Crippen LogP contribution in [0.25, 0.3) is 10.9 Å². The fourth-order valence-electron chi connectivity index (χ4n) is 1.71. The van der Waals surface area contributed by atoms with Crippen LogP contribution in [-0.4, -0.2) is 30.1 Å². The number of aryl methyl sites for hydroxylation is 1. The zero-order valence-corrected chi connectivity index (χ0v) is 10.4. The van der Waals surface area contributed by atoms with E-state index in [4.69, 9.17) is 4.84 Å². The van der Waals surface area contributed by atoms with Crippen LogP contribution >= 0.6 is 0 Å². The summed E-state index contributed by atoms with van der Waals surface area (Å²) in [4.78, 5) is 21.1. The van der Waals surface area contributed by atoms with Gasteiger partial charge in [-0.25, -0.2) is 9.45 Å². The fourth-order valence-corrected chi connectivity index (χ4v) is 1.71. The molecule has 0 fully saturated rings. The molecule has 2 rings (SSSR count). The smallest absolute Gasteiger partial charge is 0.274 e. The average molecular weight is 248 g/mol. The Kier molecular flexibility index (Phi) is 3.25. The molecule has 1 aromatic heterocycles. The third-order valence-electron chi connectivity index (χ3n) is 2.76. The van der Waals surface area contributed by atoms with Crippen molar-refractivity contribution >= 4 is 16.8 Å². The van der Waals surface area contributed by atoms with E-state index in [-0.39, 0.29) is 11.7 Å². The Labute approximate surface area is 104 Å². The van der Waals surface area contributed by atoms with Crippen molar-refractivity contribution < 1.29 is 14.0 Å². The van der Waals surface area contributed by atoms with Gasteiger partial charge in [-0.1, -0.05) is 0 Å². The van der Waals surface area contributed by atoms with E-state index < -0.39 is 0 Å². The van der Waals surface area contributed by atoms with Crippen LogP contribution in [-0.2, 0) is 4.84 Å². The summed E-state index contributed by atoms with van der Waals surface area (Å²) in [6.45, 7) is 1.71. The molecule has 0 aliphatic rings. The van der Waals surface area contributed by atoms with Crippen LogP contribution in [0, 0.1) is 12.7 Å². The predicted octanol–water partition coefficient (Wildman–Crippen LogP) is 2.32. The number of fused-ring (bicyclic) bond motifs is 1. The van der Waals surface area contributed by atoms with Gasteiger partial charge in [0.1, 0.15) is 5.82 Å². The molecule has 5 heteroatoms. The topological polar surface area (TPSA) is 42.4 Å². The lowest BCUT2D eigenvalue weighted by atomic mass is 10.1. The zero-order chi connectivity index (χ0) is 13.3. The first-order valence-electron chi connectivity index (χ1n) is 5.42. The van der Waals surface area contributed by atoms with E-state index in [2.05, 4.69) is 4.98 Å². The molecule has 1 aromatic carbocycles. The Morgan fingerprint density at radius 1 is 1.39 bits per heavy atom. The van der Waals surface area contributed by atoms with Gasteiger partial charge in [0.25, 0.3) is 5.91 Å². The molecular weight excluding hydrogens is 235 g/mol. The molecule has 0 radical (unpaired) electrons. The number of halogens is 1.